The van der Waals surface area contributed by atoms with E-state index in [0.29, 0.717) is 6.42 Å². The third-order valence-corrected chi connectivity index (χ3v) is 1.63. The highest BCUT2D eigenvalue weighted by molar-refractivity contribution is 5.73. The van der Waals surface area contributed by atoms with Gasteiger partial charge in [0.2, 0.25) is 0 Å². The molecular formula is C5H7NO5. The summed E-state index contributed by atoms with van der Waals surface area (Å²) in [4.78, 5) is 23.8. The molecule has 6 nitrogen and oxygen atoms in total. The molecule has 62 valence electrons. The second-order valence-corrected chi connectivity index (χ2v) is 2.46. The van der Waals surface area contributed by atoms with Crippen molar-refractivity contribution < 1.29 is 19.8 Å². The zero-order chi connectivity index (χ0) is 8.43. The largest absolute Gasteiger partial charge is 0.481 e. The van der Waals surface area contributed by atoms with E-state index in [4.69, 9.17) is 5.11 Å². The van der Waals surface area contributed by atoms with Gasteiger partial charge in [0.1, 0.15) is 6.61 Å². The lowest BCUT2D eigenvalue weighted by atomic mass is 10.3. The summed E-state index contributed by atoms with van der Waals surface area (Å²) in [5.74, 6) is -1.50. The Bertz CT molecular complexity index is 191. The van der Waals surface area contributed by atoms with E-state index in [1.807, 2.05) is 0 Å². The first-order valence-electron chi connectivity index (χ1n) is 3.11. The quantitative estimate of drug-likeness (QED) is 0.459. The van der Waals surface area contributed by atoms with Crippen molar-refractivity contribution in [3.05, 3.63) is 10.1 Å². The fourth-order valence-electron chi connectivity index (χ4n) is 0.891. The van der Waals surface area contributed by atoms with Crippen LogP contribution in [-0.2, 0) is 9.63 Å². The van der Waals surface area contributed by atoms with Crippen molar-refractivity contribution in [3.63, 3.8) is 0 Å². The Balaban J connectivity index is 2.14. The molecule has 1 aliphatic rings. The SMILES string of the molecule is O=C(O)[C@@H]1C[C@H]1CO[N+](=O)[O-]. The molecule has 11 heavy (non-hydrogen) atoms. The van der Waals surface area contributed by atoms with Crippen LogP contribution in [0.1, 0.15) is 6.42 Å². The van der Waals surface area contributed by atoms with Crippen molar-refractivity contribution in [1.29, 1.82) is 0 Å². The molecule has 1 N–H and O–H groups in total. The van der Waals surface area contributed by atoms with Gasteiger partial charge in [0.05, 0.1) is 5.92 Å². The Morgan fingerprint density at radius 1 is 1.82 bits per heavy atom. The summed E-state index contributed by atoms with van der Waals surface area (Å²) >= 11 is 0. The van der Waals surface area contributed by atoms with E-state index in [-0.39, 0.29) is 12.5 Å². The summed E-state index contributed by atoms with van der Waals surface area (Å²) in [7, 11) is 0. The van der Waals surface area contributed by atoms with E-state index in [9.17, 15) is 14.9 Å². The van der Waals surface area contributed by atoms with Crippen LogP contribution in [0.25, 0.3) is 0 Å². The molecule has 0 bridgehead atoms. The highest BCUT2D eigenvalue weighted by Gasteiger charge is 2.43. The minimum Gasteiger partial charge on any atom is -0.481 e. The minimum absolute atomic E-state index is 0.0933. The van der Waals surface area contributed by atoms with E-state index in [2.05, 4.69) is 4.84 Å². The Morgan fingerprint density at radius 3 is 2.82 bits per heavy atom. The molecule has 1 fully saturated rings. The second-order valence-electron chi connectivity index (χ2n) is 2.46. The average Bonchev–Trinajstić information content (AvgIpc) is 2.61. The molecule has 0 aromatic heterocycles. The predicted molar refractivity (Wildman–Crippen MR) is 32.2 cm³/mol. The van der Waals surface area contributed by atoms with Crippen molar-refractivity contribution in [2.24, 2.45) is 11.8 Å². The van der Waals surface area contributed by atoms with Gasteiger partial charge in [0.15, 0.2) is 0 Å². The minimum atomic E-state index is -0.906. The summed E-state index contributed by atoms with van der Waals surface area (Å²) in [6.45, 7) is -0.0933. The standard InChI is InChI=1S/C5H7NO5/c7-5(8)4-1-3(4)2-11-6(9)10/h3-4H,1-2H2,(H,7,8)/t3-,4+/m0/s1. The van der Waals surface area contributed by atoms with Gasteiger partial charge in [0.25, 0.3) is 5.09 Å². The number of hydrogen-bond donors (Lipinski definition) is 1. The number of carbonyl (C=O) groups is 1. The van der Waals surface area contributed by atoms with Gasteiger partial charge in [-0.3, -0.25) is 4.79 Å². The van der Waals surface area contributed by atoms with Crippen LogP contribution in [0.15, 0.2) is 0 Å². The maximum atomic E-state index is 10.2. The molecule has 1 rings (SSSR count). The lowest BCUT2D eigenvalue weighted by molar-refractivity contribution is -0.758. The lowest BCUT2D eigenvalue weighted by Gasteiger charge is -1.93. The van der Waals surface area contributed by atoms with Crippen LogP contribution in [0, 0.1) is 22.0 Å². The summed E-state index contributed by atoms with van der Waals surface area (Å²) in [6, 6.07) is 0. The van der Waals surface area contributed by atoms with Gasteiger partial charge < -0.3 is 9.94 Å². The van der Waals surface area contributed by atoms with E-state index >= 15 is 0 Å². The van der Waals surface area contributed by atoms with Crippen LogP contribution in [0.3, 0.4) is 0 Å². The van der Waals surface area contributed by atoms with Crippen molar-refractivity contribution in [3.8, 4) is 0 Å². The molecular weight excluding hydrogens is 154 g/mol. The van der Waals surface area contributed by atoms with Crippen LogP contribution in [-0.4, -0.2) is 22.8 Å². The monoisotopic (exact) mass is 161 g/mol. The molecule has 0 heterocycles. The van der Waals surface area contributed by atoms with E-state index in [1.54, 1.807) is 0 Å². The van der Waals surface area contributed by atoms with Crippen LogP contribution < -0.4 is 0 Å². The summed E-state index contributed by atoms with van der Waals surface area (Å²) in [6.07, 6.45) is 0.489. The molecule has 2 atom stereocenters. The molecule has 0 unspecified atom stereocenters. The van der Waals surface area contributed by atoms with E-state index in [1.165, 1.54) is 0 Å². The fourth-order valence-corrected chi connectivity index (χ4v) is 0.891. The van der Waals surface area contributed by atoms with Gasteiger partial charge >= 0.3 is 5.97 Å². The summed E-state index contributed by atoms with van der Waals surface area (Å²) < 4.78 is 0. The number of rotatable bonds is 4. The van der Waals surface area contributed by atoms with Crippen LogP contribution >= 0.6 is 0 Å². The number of nitrogens with zero attached hydrogens (tertiary/aromatic N) is 1. The van der Waals surface area contributed by atoms with Gasteiger partial charge in [-0.05, 0) is 12.3 Å². The molecule has 0 spiro atoms. The smallest absolute Gasteiger partial charge is 0.306 e. The van der Waals surface area contributed by atoms with Gasteiger partial charge in [0, 0.05) is 0 Å². The zero-order valence-corrected chi connectivity index (χ0v) is 5.60. The maximum Gasteiger partial charge on any atom is 0.306 e. The van der Waals surface area contributed by atoms with E-state index < -0.39 is 17.0 Å². The Kier molecular flexibility index (Phi) is 1.93. The third-order valence-electron chi connectivity index (χ3n) is 1.63. The normalized spacial score (nSPS) is 27.6. The summed E-state index contributed by atoms with van der Waals surface area (Å²) in [5.41, 5.74) is 0. The number of aliphatic carboxylic acids is 1. The van der Waals surface area contributed by atoms with E-state index in [0.717, 1.165) is 0 Å². The first kappa shape index (κ1) is 7.77. The lowest BCUT2D eigenvalue weighted by Crippen LogP contribution is -2.07. The van der Waals surface area contributed by atoms with Crippen molar-refractivity contribution >= 4 is 5.97 Å². The average molecular weight is 161 g/mol. The molecule has 1 saturated carbocycles. The first-order valence-corrected chi connectivity index (χ1v) is 3.11. The van der Waals surface area contributed by atoms with Crippen molar-refractivity contribution in [2.75, 3.05) is 6.61 Å². The first-order chi connectivity index (χ1) is 5.11. The molecule has 6 heteroatoms. The topological polar surface area (TPSA) is 89.7 Å². The number of carboxylic acids is 1. The molecule has 0 aromatic rings. The maximum absolute atomic E-state index is 10.2. The Hall–Kier alpha value is -1.33. The highest BCUT2D eigenvalue weighted by atomic mass is 16.9. The molecule has 0 aromatic carbocycles. The fraction of sp³-hybridized carbons (Fsp3) is 0.800. The molecule has 1 aliphatic carbocycles. The Labute approximate surface area is 61.9 Å². The van der Waals surface area contributed by atoms with Crippen molar-refractivity contribution in [2.45, 2.75) is 6.42 Å². The highest BCUT2D eigenvalue weighted by Crippen LogP contribution is 2.38. The van der Waals surface area contributed by atoms with Gasteiger partial charge in [-0.25, -0.2) is 0 Å². The Morgan fingerprint density at radius 2 is 2.45 bits per heavy atom. The molecule has 0 radical (unpaired) electrons. The van der Waals surface area contributed by atoms with Crippen LogP contribution in [0.5, 0.6) is 0 Å². The van der Waals surface area contributed by atoms with Crippen LogP contribution in [0.4, 0.5) is 0 Å². The van der Waals surface area contributed by atoms with Gasteiger partial charge in [-0.15, -0.1) is 10.1 Å². The number of hydrogen-bond acceptors (Lipinski definition) is 4. The van der Waals surface area contributed by atoms with Gasteiger partial charge in [-0.2, -0.15) is 0 Å². The second kappa shape index (κ2) is 2.73. The molecule has 0 aliphatic heterocycles. The number of carboxylic acid groups (broad SMARTS) is 1. The summed E-state index contributed by atoms with van der Waals surface area (Å²) in [5, 5.41) is 17.1. The van der Waals surface area contributed by atoms with Crippen LogP contribution in [0.2, 0.25) is 0 Å². The zero-order valence-electron chi connectivity index (χ0n) is 5.60. The molecule has 0 amide bonds. The van der Waals surface area contributed by atoms with Crippen molar-refractivity contribution in [1.82, 2.24) is 0 Å². The third kappa shape index (κ3) is 2.06. The molecule has 0 saturated heterocycles. The van der Waals surface area contributed by atoms with Gasteiger partial charge in [-0.1, -0.05) is 0 Å². The predicted octanol–water partition coefficient (Wildman–Crippen LogP) is -0.0846.